The molecule has 0 saturated carbocycles. The lowest BCUT2D eigenvalue weighted by molar-refractivity contribution is -0.117. The maximum Gasteiger partial charge on any atom is 0.225 e. The number of anilines is 1. The first kappa shape index (κ1) is 20.6. The SMILES string of the molecule is CCC(=O)c1ccc(NC(=O)CC(C)N(CC)CC)cc1.Cl. The van der Waals surface area contributed by atoms with Gasteiger partial charge >= 0.3 is 0 Å². The van der Waals surface area contributed by atoms with Crippen LogP contribution in [0.25, 0.3) is 0 Å². The second kappa shape index (κ2) is 10.4. The Morgan fingerprint density at radius 1 is 1.09 bits per heavy atom. The van der Waals surface area contributed by atoms with E-state index in [1.165, 1.54) is 0 Å². The highest BCUT2D eigenvalue weighted by Gasteiger charge is 2.14. The zero-order valence-electron chi connectivity index (χ0n) is 13.9. The van der Waals surface area contributed by atoms with Crippen molar-refractivity contribution in [2.75, 3.05) is 18.4 Å². The van der Waals surface area contributed by atoms with Gasteiger partial charge in [-0.05, 0) is 44.3 Å². The number of hydrogen-bond donors (Lipinski definition) is 1. The first-order chi connectivity index (χ1) is 10.0. The van der Waals surface area contributed by atoms with Crippen molar-refractivity contribution in [1.82, 2.24) is 4.90 Å². The first-order valence-corrected chi connectivity index (χ1v) is 7.68. The number of halogens is 1. The van der Waals surface area contributed by atoms with Crippen LogP contribution in [0.3, 0.4) is 0 Å². The molecule has 1 N–H and O–H groups in total. The second-order valence-corrected chi connectivity index (χ2v) is 5.18. The lowest BCUT2D eigenvalue weighted by atomic mass is 10.1. The van der Waals surface area contributed by atoms with Crippen LogP contribution in [-0.4, -0.2) is 35.7 Å². The molecule has 0 aliphatic carbocycles. The molecule has 0 aromatic heterocycles. The van der Waals surface area contributed by atoms with Crippen LogP contribution in [-0.2, 0) is 4.79 Å². The molecule has 0 aliphatic rings. The van der Waals surface area contributed by atoms with Crippen molar-refractivity contribution < 1.29 is 9.59 Å². The fraction of sp³-hybridized carbons (Fsp3) is 0.529. The summed E-state index contributed by atoms with van der Waals surface area (Å²) >= 11 is 0. The van der Waals surface area contributed by atoms with Gasteiger partial charge in [-0.25, -0.2) is 0 Å². The van der Waals surface area contributed by atoms with Crippen LogP contribution in [0.2, 0.25) is 0 Å². The number of carbonyl (C=O) groups is 2. The lowest BCUT2D eigenvalue weighted by Gasteiger charge is -2.25. The van der Waals surface area contributed by atoms with Gasteiger partial charge in [-0.1, -0.05) is 20.8 Å². The molecule has 0 fully saturated rings. The minimum atomic E-state index is 0. The molecule has 22 heavy (non-hydrogen) atoms. The molecule has 0 saturated heterocycles. The van der Waals surface area contributed by atoms with Crippen molar-refractivity contribution in [3.05, 3.63) is 29.8 Å². The van der Waals surface area contributed by atoms with Crippen LogP contribution in [0.1, 0.15) is 50.9 Å². The van der Waals surface area contributed by atoms with Gasteiger partial charge in [0.2, 0.25) is 5.91 Å². The molecule has 1 atom stereocenters. The molecule has 0 heterocycles. The van der Waals surface area contributed by atoms with Crippen LogP contribution in [0.5, 0.6) is 0 Å². The fourth-order valence-corrected chi connectivity index (χ4v) is 2.40. The highest BCUT2D eigenvalue weighted by molar-refractivity contribution is 5.97. The summed E-state index contributed by atoms with van der Waals surface area (Å²) < 4.78 is 0. The van der Waals surface area contributed by atoms with E-state index in [9.17, 15) is 9.59 Å². The normalized spacial score (nSPS) is 11.7. The third-order valence-electron chi connectivity index (χ3n) is 3.73. The second-order valence-electron chi connectivity index (χ2n) is 5.18. The number of nitrogens with one attached hydrogen (secondary N) is 1. The van der Waals surface area contributed by atoms with E-state index in [-0.39, 0.29) is 30.1 Å². The summed E-state index contributed by atoms with van der Waals surface area (Å²) in [6.45, 7) is 9.99. The minimum absolute atomic E-state index is 0. The zero-order chi connectivity index (χ0) is 15.8. The third kappa shape index (κ3) is 6.16. The molecular weight excluding hydrogens is 300 g/mol. The van der Waals surface area contributed by atoms with E-state index in [0.29, 0.717) is 18.4 Å². The Balaban J connectivity index is 0.00000441. The Hall–Kier alpha value is -1.39. The van der Waals surface area contributed by atoms with E-state index in [1.54, 1.807) is 24.3 Å². The van der Waals surface area contributed by atoms with Gasteiger partial charge in [0, 0.05) is 30.1 Å². The van der Waals surface area contributed by atoms with E-state index in [2.05, 4.69) is 31.0 Å². The van der Waals surface area contributed by atoms with Crippen LogP contribution in [0.4, 0.5) is 5.69 Å². The molecule has 0 spiro atoms. The number of hydrogen-bond acceptors (Lipinski definition) is 3. The van der Waals surface area contributed by atoms with Gasteiger partial charge in [0.25, 0.3) is 0 Å². The topological polar surface area (TPSA) is 49.4 Å². The quantitative estimate of drug-likeness (QED) is 0.740. The van der Waals surface area contributed by atoms with Gasteiger partial charge in [0.15, 0.2) is 5.78 Å². The highest BCUT2D eigenvalue weighted by Crippen LogP contribution is 2.12. The fourth-order valence-electron chi connectivity index (χ4n) is 2.40. The summed E-state index contributed by atoms with van der Waals surface area (Å²) in [5.41, 5.74) is 1.42. The molecule has 1 aromatic rings. The van der Waals surface area contributed by atoms with Gasteiger partial charge in [-0.2, -0.15) is 0 Å². The molecule has 0 aliphatic heterocycles. The van der Waals surface area contributed by atoms with Crippen LogP contribution in [0, 0.1) is 0 Å². The molecule has 1 rings (SSSR count). The summed E-state index contributed by atoms with van der Waals surface area (Å²) in [4.78, 5) is 25.8. The summed E-state index contributed by atoms with van der Waals surface area (Å²) in [6.07, 6.45) is 0.963. The highest BCUT2D eigenvalue weighted by atomic mass is 35.5. The Bertz CT molecular complexity index is 470. The van der Waals surface area contributed by atoms with Crippen molar-refractivity contribution in [1.29, 1.82) is 0 Å². The largest absolute Gasteiger partial charge is 0.326 e. The van der Waals surface area contributed by atoms with Gasteiger partial charge in [0.1, 0.15) is 0 Å². The van der Waals surface area contributed by atoms with E-state index >= 15 is 0 Å². The molecular formula is C17H27ClN2O2. The molecule has 1 aromatic carbocycles. The molecule has 1 amide bonds. The van der Waals surface area contributed by atoms with Gasteiger partial charge in [-0.15, -0.1) is 12.4 Å². The van der Waals surface area contributed by atoms with Crippen LogP contribution >= 0.6 is 12.4 Å². The average molecular weight is 327 g/mol. The zero-order valence-corrected chi connectivity index (χ0v) is 14.7. The van der Waals surface area contributed by atoms with Crippen molar-refractivity contribution in [2.24, 2.45) is 0 Å². The van der Waals surface area contributed by atoms with Crippen molar-refractivity contribution in [3.63, 3.8) is 0 Å². The molecule has 1 unspecified atom stereocenters. The maximum absolute atomic E-state index is 12.0. The Morgan fingerprint density at radius 3 is 2.09 bits per heavy atom. The maximum atomic E-state index is 12.0. The average Bonchev–Trinajstić information content (AvgIpc) is 2.48. The number of rotatable bonds is 8. The standard InChI is InChI=1S/C17H26N2O2.ClH/c1-5-16(20)14-8-10-15(11-9-14)18-17(21)12-13(4)19(6-2)7-3;/h8-11,13H,5-7,12H2,1-4H3,(H,18,21);1H. The third-order valence-corrected chi connectivity index (χ3v) is 3.73. The molecule has 5 heteroatoms. The summed E-state index contributed by atoms with van der Waals surface area (Å²) in [5.74, 6) is 0.118. The lowest BCUT2D eigenvalue weighted by Crippen LogP contribution is -2.35. The van der Waals surface area contributed by atoms with Crippen LogP contribution < -0.4 is 5.32 Å². The van der Waals surface area contributed by atoms with E-state index in [4.69, 9.17) is 0 Å². The number of Topliss-reactive ketones (excluding diaryl/α,β-unsaturated/α-hetero) is 1. The summed E-state index contributed by atoms with van der Waals surface area (Å²) in [7, 11) is 0. The van der Waals surface area contributed by atoms with Gasteiger partial charge in [0.05, 0.1) is 0 Å². The predicted molar refractivity (Wildman–Crippen MR) is 93.9 cm³/mol. The molecule has 0 bridgehead atoms. The number of benzene rings is 1. The number of nitrogens with zero attached hydrogens (tertiary/aromatic N) is 1. The smallest absolute Gasteiger partial charge is 0.225 e. The Kier molecular flexibility index (Phi) is 9.70. The number of ketones is 1. The van der Waals surface area contributed by atoms with Crippen molar-refractivity contribution in [3.8, 4) is 0 Å². The summed E-state index contributed by atoms with van der Waals surface area (Å²) in [5, 5.41) is 2.88. The van der Waals surface area contributed by atoms with Crippen molar-refractivity contribution >= 4 is 29.8 Å². The number of carbonyl (C=O) groups excluding carboxylic acids is 2. The molecule has 124 valence electrons. The van der Waals surface area contributed by atoms with Gasteiger partial charge in [-0.3, -0.25) is 9.59 Å². The molecule has 0 radical (unpaired) electrons. The number of amides is 1. The predicted octanol–water partition coefficient (Wildman–Crippen LogP) is 3.76. The van der Waals surface area contributed by atoms with Crippen LogP contribution in [0.15, 0.2) is 24.3 Å². The monoisotopic (exact) mass is 326 g/mol. The first-order valence-electron chi connectivity index (χ1n) is 7.68. The van der Waals surface area contributed by atoms with Crippen molar-refractivity contribution in [2.45, 2.75) is 46.6 Å². The summed E-state index contributed by atoms with van der Waals surface area (Å²) in [6, 6.07) is 7.30. The van der Waals surface area contributed by atoms with E-state index in [1.807, 2.05) is 6.92 Å². The van der Waals surface area contributed by atoms with E-state index in [0.717, 1.165) is 18.8 Å². The minimum Gasteiger partial charge on any atom is -0.326 e. The Morgan fingerprint density at radius 2 is 1.64 bits per heavy atom. The Labute approximate surface area is 139 Å². The van der Waals surface area contributed by atoms with E-state index < -0.39 is 0 Å². The molecule has 4 nitrogen and oxygen atoms in total. The van der Waals surface area contributed by atoms with Gasteiger partial charge < -0.3 is 10.2 Å².